The zero-order valence-corrected chi connectivity index (χ0v) is 8.69. The highest BCUT2D eigenvalue weighted by atomic mass is 16.7. The fourth-order valence-electron chi connectivity index (χ4n) is 2.45. The van der Waals surface area contributed by atoms with Crippen LogP contribution in [0, 0.1) is 0 Å². The van der Waals surface area contributed by atoms with Crippen molar-refractivity contribution < 1.29 is 19.7 Å². The van der Waals surface area contributed by atoms with E-state index in [9.17, 15) is 10.2 Å². The Balaban J connectivity index is 1.81. The lowest BCUT2D eigenvalue weighted by Gasteiger charge is -2.18. The Morgan fingerprint density at radius 3 is 2.50 bits per heavy atom. The molecule has 16 heavy (non-hydrogen) atoms. The van der Waals surface area contributed by atoms with Gasteiger partial charge in [-0.15, -0.1) is 0 Å². The van der Waals surface area contributed by atoms with Gasteiger partial charge in [-0.25, -0.2) is 0 Å². The Hall–Kier alpha value is -0.940. The van der Waals surface area contributed by atoms with Crippen LogP contribution in [0.25, 0.3) is 0 Å². The average molecular weight is 222 g/mol. The fourth-order valence-corrected chi connectivity index (χ4v) is 2.45. The Morgan fingerprint density at radius 1 is 1.06 bits per heavy atom. The molecule has 5 atom stereocenters. The Morgan fingerprint density at radius 2 is 1.81 bits per heavy atom. The van der Waals surface area contributed by atoms with E-state index < -0.39 is 18.5 Å². The van der Waals surface area contributed by atoms with Gasteiger partial charge in [0.15, 0.2) is 6.29 Å². The molecule has 2 N–H and O–H groups in total. The summed E-state index contributed by atoms with van der Waals surface area (Å²) in [5, 5.41) is 19.4. The van der Waals surface area contributed by atoms with E-state index in [4.69, 9.17) is 9.47 Å². The molecule has 2 saturated heterocycles. The molecule has 2 aliphatic heterocycles. The van der Waals surface area contributed by atoms with Crippen LogP contribution >= 0.6 is 0 Å². The molecular weight excluding hydrogens is 208 g/mol. The molecule has 3 rings (SSSR count). The molecule has 0 aromatic heterocycles. The summed E-state index contributed by atoms with van der Waals surface area (Å²) in [6, 6.07) is 9.59. The molecule has 1 aromatic carbocycles. The number of aliphatic hydroxyl groups excluding tert-OH is 2. The second-order valence-corrected chi connectivity index (χ2v) is 4.29. The van der Waals surface area contributed by atoms with Gasteiger partial charge in [-0.2, -0.15) is 0 Å². The Labute approximate surface area is 93.4 Å². The maximum atomic E-state index is 10.1. The highest BCUT2D eigenvalue weighted by molar-refractivity contribution is 5.21. The summed E-state index contributed by atoms with van der Waals surface area (Å²) in [6.07, 6.45) is -2.02. The van der Waals surface area contributed by atoms with Crippen LogP contribution in [0.4, 0.5) is 0 Å². The summed E-state index contributed by atoms with van der Waals surface area (Å²) >= 11 is 0. The molecule has 0 saturated carbocycles. The molecule has 0 amide bonds. The van der Waals surface area contributed by atoms with Crippen LogP contribution in [-0.4, -0.2) is 34.8 Å². The van der Waals surface area contributed by atoms with E-state index in [1.54, 1.807) is 0 Å². The van der Waals surface area contributed by atoms with Crippen molar-refractivity contribution in [2.45, 2.75) is 37.1 Å². The summed E-state index contributed by atoms with van der Waals surface area (Å²) in [4.78, 5) is 0. The van der Waals surface area contributed by atoms with E-state index in [1.165, 1.54) is 0 Å². The number of fused-ring (bicyclic) bond motifs is 1. The standard InChI is InChI=1S/C12H14O4/c13-9-6-8-12(16-9)10(14)11(15-8)7-4-2-1-3-5-7/h1-5,8-14H,6H2/t8-,9?,10-,11+,12+/m0/s1. The van der Waals surface area contributed by atoms with Crippen molar-refractivity contribution in [1.82, 2.24) is 0 Å². The highest BCUT2D eigenvalue weighted by Gasteiger charge is 2.50. The summed E-state index contributed by atoms with van der Waals surface area (Å²) < 4.78 is 10.9. The van der Waals surface area contributed by atoms with Crippen LogP contribution < -0.4 is 0 Å². The van der Waals surface area contributed by atoms with E-state index in [-0.39, 0.29) is 12.2 Å². The minimum Gasteiger partial charge on any atom is -0.387 e. The van der Waals surface area contributed by atoms with Crippen molar-refractivity contribution in [2.24, 2.45) is 0 Å². The van der Waals surface area contributed by atoms with Crippen molar-refractivity contribution in [1.29, 1.82) is 0 Å². The second-order valence-electron chi connectivity index (χ2n) is 4.29. The van der Waals surface area contributed by atoms with Gasteiger partial charge in [0.05, 0.1) is 6.10 Å². The number of rotatable bonds is 1. The third kappa shape index (κ3) is 1.55. The van der Waals surface area contributed by atoms with Crippen LogP contribution in [0.15, 0.2) is 30.3 Å². The molecule has 1 aromatic rings. The predicted octanol–water partition coefficient (Wildman–Crippen LogP) is 0.595. The van der Waals surface area contributed by atoms with Crippen molar-refractivity contribution in [3.05, 3.63) is 35.9 Å². The van der Waals surface area contributed by atoms with E-state index in [1.807, 2.05) is 30.3 Å². The van der Waals surface area contributed by atoms with Crippen LogP contribution in [0.3, 0.4) is 0 Å². The first-order valence-electron chi connectivity index (χ1n) is 5.48. The number of benzene rings is 1. The smallest absolute Gasteiger partial charge is 0.157 e. The monoisotopic (exact) mass is 222 g/mol. The Bertz CT molecular complexity index is 367. The van der Waals surface area contributed by atoms with Crippen LogP contribution in [0.2, 0.25) is 0 Å². The summed E-state index contributed by atoms with van der Waals surface area (Å²) in [7, 11) is 0. The van der Waals surface area contributed by atoms with E-state index in [0.29, 0.717) is 6.42 Å². The van der Waals surface area contributed by atoms with Crippen LogP contribution in [0.5, 0.6) is 0 Å². The average Bonchev–Trinajstić information content (AvgIpc) is 2.79. The first-order valence-corrected chi connectivity index (χ1v) is 5.48. The zero-order valence-electron chi connectivity index (χ0n) is 8.69. The summed E-state index contributed by atoms with van der Waals surface area (Å²) in [5.41, 5.74) is 0.947. The Kier molecular flexibility index (Phi) is 2.44. The van der Waals surface area contributed by atoms with Gasteiger partial charge in [0, 0.05) is 6.42 Å². The highest BCUT2D eigenvalue weighted by Crippen LogP contribution is 2.40. The van der Waals surface area contributed by atoms with E-state index in [2.05, 4.69) is 0 Å². The molecule has 4 nitrogen and oxygen atoms in total. The molecule has 0 radical (unpaired) electrons. The van der Waals surface area contributed by atoms with Gasteiger partial charge in [0.25, 0.3) is 0 Å². The van der Waals surface area contributed by atoms with Crippen molar-refractivity contribution >= 4 is 0 Å². The normalized spacial score (nSPS) is 42.2. The number of hydrogen-bond acceptors (Lipinski definition) is 4. The minimum absolute atomic E-state index is 0.199. The fraction of sp³-hybridized carbons (Fsp3) is 0.500. The lowest BCUT2D eigenvalue weighted by atomic mass is 10.0. The lowest BCUT2D eigenvalue weighted by molar-refractivity contribution is -0.122. The largest absolute Gasteiger partial charge is 0.387 e. The van der Waals surface area contributed by atoms with Gasteiger partial charge in [0.2, 0.25) is 0 Å². The third-order valence-electron chi connectivity index (χ3n) is 3.21. The molecule has 2 aliphatic rings. The van der Waals surface area contributed by atoms with Gasteiger partial charge in [-0.1, -0.05) is 30.3 Å². The molecule has 86 valence electrons. The summed E-state index contributed by atoms with van der Waals surface area (Å²) in [6.45, 7) is 0. The van der Waals surface area contributed by atoms with E-state index >= 15 is 0 Å². The molecule has 0 aliphatic carbocycles. The topological polar surface area (TPSA) is 58.9 Å². The number of aliphatic hydroxyl groups is 2. The van der Waals surface area contributed by atoms with Crippen molar-refractivity contribution in [2.75, 3.05) is 0 Å². The van der Waals surface area contributed by atoms with Gasteiger partial charge < -0.3 is 19.7 Å². The molecule has 0 bridgehead atoms. The number of ether oxygens (including phenoxy) is 2. The first kappa shape index (κ1) is 10.2. The minimum atomic E-state index is -0.804. The lowest BCUT2D eigenvalue weighted by Crippen LogP contribution is -2.28. The second kappa shape index (κ2) is 3.82. The van der Waals surface area contributed by atoms with Gasteiger partial charge in [0.1, 0.15) is 18.3 Å². The zero-order chi connectivity index (χ0) is 11.1. The van der Waals surface area contributed by atoms with Crippen LogP contribution in [-0.2, 0) is 9.47 Å². The predicted molar refractivity (Wildman–Crippen MR) is 55.6 cm³/mol. The quantitative estimate of drug-likeness (QED) is 0.730. The SMILES string of the molecule is OC1C[C@@H]2O[C@H](c3ccccc3)[C@H](O)[C@@H]2O1. The first-order chi connectivity index (χ1) is 7.75. The maximum absolute atomic E-state index is 10.1. The maximum Gasteiger partial charge on any atom is 0.157 e. The number of hydrogen-bond donors (Lipinski definition) is 2. The molecular formula is C12H14O4. The third-order valence-corrected chi connectivity index (χ3v) is 3.21. The van der Waals surface area contributed by atoms with Crippen molar-refractivity contribution in [3.63, 3.8) is 0 Å². The van der Waals surface area contributed by atoms with Gasteiger partial charge in [-0.05, 0) is 5.56 Å². The molecule has 0 spiro atoms. The molecule has 1 unspecified atom stereocenters. The van der Waals surface area contributed by atoms with Crippen LogP contribution in [0.1, 0.15) is 18.1 Å². The van der Waals surface area contributed by atoms with Gasteiger partial charge >= 0.3 is 0 Å². The van der Waals surface area contributed by atoms with E-state index in [0.717, 1.165) is 5.56 Å². The molecule has 4 heteroatoms. The van der Waals surface area contributed by atoms with Gasteiger partial charge in [-0.3, -0.25) is 0 Å². The molecule has 2 heterocycles. The van der Waals surface area contributed by atoms with Crippen molar-refractivity contribution in [3.8, 4) is 0 Å². The molecule has 2 fully saturated rings. The summed E-state index contributed by atoms with van der Waals surface area (Å²) in [5.74, 6) is 0.